The Morgan fingerprint density at radius 1 is 1.17 bits per heavy atom. The molecule has 3 aromatic rings. The van der Waals surface area contributed by atoms with Gasteiger partial charge in [-0.1, -0.05) is 23.7 Å². The molecule has 1 aromatic heterocycles. The molecule has 5 rings (SSSR count). The first-order chi connectivity index (χ1) is 16.8. The molecule has 35 heavy (non-hydrogen) atoms. The number of hydrogen-bond donors (Lipinski definition) is 2. The largest absolute Gasteiger partial charge is 0.365 e. The Balaban J connectivity index is 1.27. The highest BCUT2D eigenvalue weighted by Gasteiger charge is 2.34. The smallest absolute Gasteiger partial charge is 0.318 e. The van der Waals surface area contributed by atoms with Crippen molar-refractivity contribution in [2.75, 3.05) is 6.54 Å². The number of carbonyl (C=O) groups is 2. The second-order valence-corrected chi connectivity index (χ2v) is 9.26. The van der Waals surface area contributed by atoms with Crippen molar-refractivity contribution < 1.29 is 14.0 Å². The summed E-state index contributed by atoms with van der Waals surface area (Å²) in [7, 11) is 0. The number of nitrogens with zero attached hydrogens (tertiary/aromatic N) is 4. The molecule has 1 fully saturated rings. The first-order valence-corrected chi connectivity index (χ1v) is 11.6. The van der Waals surface area contributed by atoms with E-state index in [1.54, 1.807) is 9.58 Å². The molecule has 2 heterocycles. The van der Waals surface area contributed by atoms with Crippen LogP contribution in [0.15, 0.2) is 42.5 Å². The molecule has 0 bridgehead atoms. The molecular weight excluding hydrogens is 471 g/mol. The van der Waals surface area contributed by atoms with Crippen molar-refractivity contribution in [3.05, 3.63) is 75.7 Å². The predicted octanol–water partition coefficient (Wildman–Crippen LogP) is 3.78. The van der Waals surface area contributed by atoms with E-state index >= 15 is 0 Å². The van der Waals surface area contributed by atoms with Crippen LogP contribution in [0.25, 0.3) is 11.3 Å². The molecular formula is C25H22ClFN6O2. The van der Waals surface area contributed by atoms with Gasteiger partial charge in [0.25, 0.3) is 5.91 Å². The highest BCUT2D eigenvalue weighted by atomic mass is 35.5. The topological polar surface area (TPSA) is 117 Å². The van der Waals surface area contributed by atoms with Crippen molar-refractivity contribution in [1.82, 2.24) is 20.0 Å². The molecule has 10 heteroatoms. The molecule has 3 amide bonds. The van der Waals surface area contributed by atoms with Gasteiger partial charge < -0.3 is 16.0 Å². The lowest BCUT2D eigenvalue weighted by atomic mass is 9.76. The average Bonchev–Trinajstić information content (AvgIpc) is 3.22. The number of nitrogens with two attached hydrogens (primary N) is 1. The Morgan fingerprint density at radius 2 is 1.91 bits per heavy atom. The van der Waals surface area contributed by atoms with Gasteiger partial charge in [-0.2, -0.15) is 10.4 Å². The Morgan fingerprint density at radius 3 is 2.57 bits per heavy atom. The summed E-state index contributed by atoms with van der Waals surface area (Å²) in [4.78, 5) is 26.9. The molecule has 1 aliphatic heterocycles. The maximum atomic E-state index is 13.6. The van der Waals surface area contributed by atoms with Crippen LogP contribution in [0.5, 0.6) is 0 Å². The highest BCUT2D eigenvalue weighted by Crippen LogP contribution is 2.37. The lowest BCUT2D eigenvalue weighted by Gasteiger charge is -2.38. The van der Waals surface area contributed by atoms with Gasteiger partial charge in [-0.25, -0.2) is 9.18 Å². The molecule has 8 nitrogen and oxygen atoms in total. The van der Waals surface area contributed by atoms with E-state index in [1.807, 2.05) is 24.3 Å². The predicted molar refractivity (Wildman–Crippen MR) is 127 cm³/mol. The maximum absolute atomic E-state index is 13.6. The first-order valence-electron chi connectivity index (χ1n) is 11.2. The van der Waals surface area contributed by atoms with Crippen LogP contribution in [0.4, 0.5) is 9.18 Å². The quantitative estimate of drug-likeness (QED) is 0.576. The van der Waals surface area contributed by atoms with Crippen LogP contribution >= 0.6 is 11.6 Å². The zero-order chi connectivity index (χ0) is 24.7. The number of halogens is 2. The normalized spacial score (nSPS) is 18.8. The standard InChI is InChI=1S/C25H22ClFN6O2/c26-19-11-16(5-6-20(19)27)23-22(24(29)34)21-13-32(7-8-33(21)31-23)25(35)30-18-9-17(10-18)15-3-1-14(12-28)2-4-15/h1-6,11,17-18H,7-10,13H2,(H2,29,34)(H,30,35). The van der Waals surface area contributed by atoms with E-state index in [0.717, 1.165) is 18.4 Å². The molecule has 0 unspecified atom stereocenters. The van der Waals surface area contributed by atoms with Gasteiger partial charge in [0.2, 0.25) is 0 Å². The summed E-state index contributed by atoms with van der Waals surface area (Å²) in [5.74, 6) is -0.893. The molecule has 0 radical (unpaired) electrons. The van der Waals surface area contributed by atoms with E-state index in [9.17, 15) is 14.0 Å². The molecule has 2 aromatic carbocycles. The van der Waals surface area contributed by atoms with E-state index in [4.69, 9.17) is 22.6 Å². The summed E-state index contributed by atoms with van der Waals surface area (Å²) < 4.78 is 15.3. The molecule has 0 spiro atoms. The number of benzene rings is 2. The fraction of sp³-hybridized carbons (Fsp3) is 0.280. The van der Waals surface area contributed by atoms with Crippen molar-refractivity contribution in [3.63, 3.8) is 0 Å². The Kier molecular flexibility index (Phi) is 5.91. The van der Waals surface area contributed by atoms with Gasteiger partial charge in [0.15, 0.2) is 0 Å². The molecule has 3 N–H and O–H groups in total. The third kappa shape index (κ3) is 4.33. The van der Waals surface area contributed by atoms with Crippen molar-refractivity contribution in [1.29, 1.82) is 5.26 Å². The van der Waals surface area contributed by atoms with Crippen molar-refractivity contribution in [3.8, 4) is 17.3 Å². The van der Waals surface area contributed by atoms with Gasteiger partial charge in [0, 0.05) is 18.2 Å². The van der Waals surface area contributed by atoms with Crippen LogP contribution < -0.4 is 11.1 Å². The zero-order valence-electron chi connectivity index (χ0n) is 18.7. The number of nitriles is 1. The number of primary amides is 1. The zero-order valence-corrected chi connectivity index (χ0v) is 19.4. The van der Waals surface area contributed by atoms with Crippen LogP contribution in [0.2, 0.25) is 5.02 Å². The summed E-state index contributed by atoms with van der Waals surface area (Å²) >= 11 is 5.92. The highest BCUT2D eigenvalue weighted by molar-refractivity contribution is 6.31. The van der Waals surface area contributed by atoms with Gasteiger partial charge in [-0.15, -0.1) is 0 Å². The first kappa shape index (κ1) is 22.9. The molecule has 2 aliphatic rings. The van der Waals surface area contributed by atoms with Crippen LogP contribution in [-0.2, 0) is 13.1 Å². The molecule has 1 saturated carbocycles. The molecule has 178 valence electrons. The minimum absolute atomic E-state index is 0.0579. The van der Waals surface area contributed by atoms with Crippen molar-refractivity contribution in [2.45, 2.75) is 37.9 Å². The number of fused-ring (bicyclic) bond motifs is 1. The third-order valence-electron chi connectivity index (χ3n) is 6.68. The number of rotatable bonds is 4. The second kappa shape index (κ2) is 9.04. The lowest BCUT2D eigenvalue weighted by Crippen LogP contribution is -2.51. The van der Waals surface area contributed by atoms with Gasteiger partial charge in [-0.3, -0.25) is 9.48 Å². The van der Waals surface area contributed by atoms with E-state index in [0.29, 0.717) is 41.5 Å². The van der Waals surface area contributed by atoms with Gasteiger partial charge in [0.1, 0.15) is 11.5 Å². The number of aromatic nitrogens is 2. The van der Waals surface area contributed by atoms with E-state index in [2.05, 4.69) is 16.5 Å². The van der Waals surface area contributed by atoms with E-state index in [-0.39, 0.29) is 29.2 Å². The molecule has 0 saturated heterocycles. The van der Waals surface area contributed by atoms with Gasteiger partial charge in [-0.05, 0) is 54.7 Å². The Bertz CT molecular complexity index is 1360. The Hall–Kier alpha value is -3.90. The average molecular weight is 493 g/mol. The SMILES string of the molecule is N#Cc1ccc(C2CC(NC(=O)N3CCn4nc(-c5ccc(F)c(Cl)c5)c(C(N)=O)c4C3)C2)cc1. The Labute approximate surface area is 206 Å². The summed E-state index contributed by atoms with van der Waals surface area (Å²) in [5.41, 5.74) is 9.01. The van der Waals surface area contributed by atoms with Crippen LogP contribution in [0, 0.1) is 17.1 Å². The number of amides is 3. The second-order valence-electron chi connectivity index (χ2n) is 8.86. The number of carbonyl (C=O) groups excluding carboxylic acids is 2. The number of nitrogens with one attached hydrogen (secondary N) is 1. The number of hydrogen-bond acceptors (Lipinski definition) is 4. The number of urea groups is 1. The minimum Gasteiger partial charge on any atom is -0.365 e. The van der Waals surface area contributed by atoms with E-state index < -0.39 is 11.7 Å². The van der Waals surface area contributed by atoms with Crippen LogP contribution in [0.3, 0.4) is 0 Å². The van der Waals surface area contributed by atoms with Crippen LogP contribution in [0.1, 0.15) is 45.9 Å². The fourth-order valence-electron chi connectivity index (χ4n) is 4.70. The van der Waals surface area contributed by atoms with E-state index in [1.165, 1.54) is 18.2 Å². The fourth-order valence-corrected chi connectivity index (χ4v) is 4.88. The van der Waals surface area contributed by atoms with Crippen molar-refractivity contribution in [2.24, 2.45) is 5.73 Å². The van der Waals surface area contributed by atoms with Gasteiger partial charge in [0.05, 0.1) is 41.0 Å². The maximum Gasteiger partial charge on any atom is 0.318 e. The minimum atomic E-state index is -0.673. The molecule has 1 aliphatic carbocycles. The lowest BCUT2D eigenvalue weighted by molar-refractivity contribution is 0.0997. The summed E-state index contributed by atoms with van der Waals surface area (Å²) in [6, 6.07) is 13.6. The summed E-state index contributed by atoms with van der Waals surface area (Å²) in [6.45, 7) is 1.00. The third-order valence-corrected chi connectivity index (χ3v) is 6.97. The summed E-state index contributed by atoms with van der Waals surface area (Å²) in [5, 5.41) is 16.4. The molecule has 0 atom stereocenters. The van der Waals surface area contributed by atoms with Gasteiger partial charge >= 0.3 is 6.03 Å². The van der Waals surface area contributed by atoms with Crippen LogP contribution in [-0.4, -0.2) is 39.2 Å². The summed E-state index contributed by atoms with van der Waals surface area (Å²) in [6.07, 6.45) is 1.65. The monoisotopic (exact) mass is 492 g/mol. The van der Waals surface area contributed by atoms with Crippen molar-refractivity contribution >= 4 is 23.5 Å².